The quantitative estimate of drug-likeness (QED) is 0.703. The van der Waals surface area contributed by atoms with E-state index in [1.54, 1.807) is 18.5 Å². The maximum absolute atomic E-state index is 11.2. The zero-order chi connectivity index (χ0) is 10.4. The Morgan fingerprint density at radius 3 is 3.00 bits per heavy atom. The number of carbonyl (C=O) groups excluding carboxylic acids is 1. The summed E-state index contributed by atoms with van der Waals surface area (Å²) in [5.41, 5.74) is 2.35. The van der Waals surface area contributed by atoms with E-state index >= 15 is 0 Å². The van der Waals surface area contributed by atoms with Gasteiger partial charge in [-0.25, -0.2) is 5.48 Å². The maximum Gasteiger partial charge on any atom is 0.265 e. The molecule has 0 aliphatic carbocycles. The molecule has 0 aliphatic rings. The van der Waals surface area contributed by atoms with Crippen LogP contribution in [0.15, 0.2) is 18.5 Å². The van der Waals surface area contributed by atoms with Crippen LogP contribution in [-0.4, -0.2) is 22.3 Å². The van der Waals surface area contributed by atoms with Gasteiger partial charge in [-0.1, -0.05) is 13.8 Å². The van der Waals surface area contributed by atoms with Crippen molar-refractivity contribution in [2.24, 2.45) is 5.92 Å². The van der Waals surface area contributed by atoms with Crippen molar-refractivity contribution in [2.75, 3.05) is 6.61 Å². The first kappa shape index (κ1) is 10.7. The van der Waals surface area contributed by atoms with Gasteiger partial charge in [-0.05, 0) is 12.0 Å². The molecule has 1 aromatic heterocycles. The number of amides is 1. The zero-order valence-corrected chi connectivity index (χ0v) is 8.43. The van der Waals surface area contributed by atoms with Crippen LogP contribution in [0.5, 0.6) is 0 Å². The molecule has 1 amide bonds. The van der Waals surface area contributed by atoms with E-state index in [1.165, 1.54) is 4.68 Å². The monoisotopic (exact) mass is 197 g/mol. The Morgan fingerprint density at radius 1 is 1.64 bits per heavy atom. The number of aromatic nitrogens is 2. The number of carbonyl (C=O) groups is 1. The number of nitrogens with zero attached hydrogens (tertiary/aromatic N) is 2. The van der Waals surface area contributed by atoms with Gasteiger partial charge in [-0.15, -0.1) is 0 Å². The normalized spacial score (nSPS) is 10.5. The second-order valence-corrected chi connectivity index (χ2v) is 3.43. The van der Waals surface area contributed by atoms with E-state index < -0.39 is 0 Å². The summed E-state index contributed by atoms with van der Waals surface area (Å²) >= 11 is 0. The lowest BCUT2D eigenvalue weighted by Crippen LogP contribution is -2.29. The Morgan fingerprint density at radius 2 is 2.43 bits per heavy atom. The number of rotatable bonds is 5. The molecular formula is C9H15N3O2. The molecule has 0 saturated heterocycles. The first-order valence-electron chi connectivity index (χ1n) is 4.56. The van der Waals surface area contributed by atoms with Crippen LogP contribution in [-0.2, 0) is 16.2 Å². The number of hydrogen-bond donors (Lipinski definition) is 1. The molecule has 0 saturated carbocycles. The van der Waals surface area contributed by atoms with E-state index in [1.807, 2.05) is 13.8 Å². The Bertz CT molecular complexity index is 270. The minimum atomic E-state index is -0.200. The summed E-state index contributed by atoms with van der Waals surface area (Å²) in [5.74, 6) is 0.203. The fraction of sp³-hybridized carbons (Fsp3) is 0.556. The summed E-state index contributed by atoms with van der Waals surface area (Å²) in [4.78, 5) is 16.2. The van der Waals surface area contributed by atoms with Gasteiger partial charge in [0.15, 0.2) is 0 Å². The van der Waals surface area contributed by atoms with E-state index in [0.717, 1.165) is 0 Å². The summed E-state index contributed by atoms with van der Waals surface area (Å²) in [6.45, 7) is 4.73. The summed E-state index contributed by atoms with van der Waals surface area (Å²) in [7, 11) is 0. The molecule has 1 N–H and O–H groups in total. The molecular weight excluding hydrogens is 182 g/mol. The van der Waals surface area contributed by atoms with Crippen molar-refractivity contribution in [1.29, 1.82) is 0 Å². The van der Waals surface area contributed by atoms with Crippen LogP contribution >= 0.6 is 0 Å². The average molecular weight is 197 g/mol. The predicted octanol–water partition coefficient (Wildman–Crippen LogP) is 0.587. The van der Waals surface area contributed by atoms with Gasteiger partial charge in [-0.2, -0.15) is 5.10 Å². The number of hydrogen-bond acceptors (Lipinski definition) is 3. The Labute approximate surface area is 83.0 Å². The highest BCUT2D eigenvalue weighted by Gasteiger charge is 2.02. The SMILES string of the molecule is CC(C)CONC(=O)Cn1cccn1. The van der Waals surface area contributed by atoms with E-state index in [9.17, 15) is 4.79 Å². The summed E-state index contributed by atoms with van der Waals surface area (Å²) in [6.07, 6.45) is 3.35. The maximum atomic E-state index is 11.2. The van der Waals surface area contributed by atoms with Gasteiger partial charge < -0.3 is 0 Å². The smallest absolute Gasteiger partial charge is 0.265 e. The number of hydroxylamine groups is 1. The van der Waals surface area contributed by atoms with Crippen LogP contribution in [0.3, 0.4) is 0 Å². The first-order valence-corrected chi connectivity index (χ1v) is 4.56. The molecule has 0 aliphatic heterocycles. The average Bonchev–Trinajstić information content (AvgIpc) is 2.56. The Hall–Kier alpha value is -1.36. The lowest BCUT2D eigenvalue weighted by molar-refractivity contribution is -0.135. The van der Waals surface area contributed by atoms with Gasteiger partial charge in [0.2, 0.25) is 0 Å². The number of nitrogens with one attached hydrogen (secondary N) is 1. The van der Waals surface area contributed by atoms with E-state index in [-0.39, 0.29) is 12.5 Å². The lowest BCUT2D eigenvalue weighted by atomic mass is 10.2. The van der Waals surface area contributed by atoms with Gasteiger partial charge in [0.05, 0.1) is 6.61 Å². The summed E-state index contributed by atoms with van der Waals surface area (Å²) in [6, 6.07) is 1.77. The van der Waals surface area contributed by atoms with Crippen LogP contribution in [0.4, 0.5) is 0 Å². The van der Waals surface area contributed by atoms with Crippen LogP contribution in [0.25, 0.3) is 0 Å². The van der Waals surface area contributed by atoms with Crippen molar-refractivity contribution in [3.63, 3.8) is 0 Å². The fourth-order valence-electron chi connectivity index (χ4n) is 0.862. The van der Waals surface area contributed by atoms with Gasteiger partial charge in [0.1, 0.15) is 6.54 Å². The highest BCUT2D eigenvalue weighted by molar-refractivity contribution is 5.74. The van der Waals surface area contributed by atoms with Crippen molar-refractivity contribution in [2.45, 2.75) is 20.4 Å². The van der Waals surface area contributed by atoms with Gasteiger partial charge in [-0.3, -0.25) is 14.3 Å². The third-order valence-electron chi connectivity index (χ3n) is 1.47. The van der Waals surface area contributed by atoms with Crippen molar-refractivity contribution >= 4 is 5.91 Å². The molecule has 0 spiro atoms. The van der Waals surface area contributed by atoms with E-state index in [4.69, 9.17) is 4.84 Å². The molecule has 0 atom stereocenters. The molecule has 0 bridgehead atoms. The highest BCUT2D eigenvalue weighted by atomic mass is 16.6. The van der Waals surface area contributed by atoms with Crippen LogP contribution in [0.2, 0.25) is 0 Å². The summed E-state index contributed by atoms with van der Waals surface area (Å²) < 4.78 is 1.54. The first-order chi connectivity index (χ1) is 6.68. The van der Waals surface area contributed by atoms with Crippen molar-refractivity contribution in [3.8, 4) is 0 Å². The zero-order valence-electron chi connectivity index (χ0n) is 8.43. The topological polar surface area (TPSA) is 56.1 Å². The fourth-order valence-corrected chi connectivity index (χ4v) is 0.862. The minimum Gasteiger partial charge on any atom is -0.273 e. The molecule has 1 heterocycles. The highest BCUT2D eigenvalue weighted by Crippen LogP contribution is 1.90. The Balaban J connectivity index is 2.17. The molecule has 1 rings (SSSR count). The van der Waals surface area contributed by atoms with Gasteiger partial charge in [0, 0.05) is 12.4 Å². The van der Waals surface area contributed by atoms with Crippen LogP contribution < -0.4 is 5.48 Å². The largest absolute Gasteiger partial charge is 0.273 e. The van der Waals surface area contributed by atoms with Crippen molar-refractivity contribution < 1.29 is 9.63 Å². The van der Waals surface area contributed by atoms with Gasteiger partial charge >= 0.3 is 0 Å². The molecule has 0 aromatic carbocycles. The lowest BCUT2D eigenvalue weighted by Gasteiger charge is -2.07. The van der Waals surface area contributed by atoms with Crippen molar-refractivity contribution in [1.82, 2.24) is 15.3 Å². The van der Waals surface area contributed by atoms with Crippen LogP contribution in [0.1, 0.15) is 13.8 Å². The molecule has 0 unspecified atom stereocenters. The van der Waals surface area contributed by atoms with Crippen LogP contribution in [0, 0.1) is 5.92 Å². The molecule has 0 radical (unpaired) electrons. The van der Waals surface area contributed by atoms with Gasteiger partial charge in [0.25, 0.3) is 5.91 Å². The third kappa shape index (κ3) is 4.04. The molecule has 5 nitrogen and oxygen atoms in total. The molecule has 0 fully saturated rings. The second kappa shape index (κ2) is 5.39. The Kier molecular flexibility index (Phi) is 4.12. The molecule has 14 heavy (non-hydrogen) atoms. The molecule has 78 valence electrons. The molecule has 1 aromatic rings. The second-order valence-electron chi connectivity index (χ2n) is 3.43. The van der Waals surface area contributed by atoms with Crippen molar-refractivity contribution in [3.05, 3.63) is 18.5 Å². The summed E-state index contributed by atoms with van der Waals surface area (Å²) in [5, 5.41) is 3.90. The third-order valence-corrected chi connectivity index (χ3v) is 1.47. The van der Waals surface area contributed by atoms with E-state index in [0.29, 0.717) is 12.5 Å². The van der Waals surface area contributed by atoms with E-state index in [2.05, 4.69) is 10.6 Å². The predicted molar refractivity (Wildman–Crippen MR) is 51.2 cm³/mol. The minimum absolute atomic E-state index is 0.186. The standard InChI is InChI=1S/C9H15N3O2/c1-8(2)7-14-11-9(13)6-12-5-3-4-10-12/h3-5,8H,6-7H2,1-2H3,(H,11,13). The molecule has 5 heteroatoms.